The molecule has 1 amide bonds. The Kier molecular flexibility index (Phi) is 5.44. The number of hydrogen-bond acceptors (Lipinski definition) is 3. The molecule has 2 aromatic carbocycles. The number of likely N-dealkylation sites (N-methyl/N-ethyl adjacent to an activating group) is 2. The van der Waals surface area contributed by atoms with Crippen LogP contribution in [0.3, 0.4) is 0 Å². The molecular weight excluding hydrogens is 412 g/mol. The number of hydrogen-bond donors (Lipinski definition) is 0. The number of ether oxygens (including phenoxy) is 1. The van der Waals surface area contributed by atoms with Crippen molar-refractivity contribution in [2.75, 3.05) is 14.1 Å². The third-order valence-corrected chi connectivity index (χ3v) is 5.40. The van der Waals surface area contributed by atoms with Crippen LogP contribution in [-0.4, -0.2) is 34.9 Å². The minimum absolute atomic E-state index is 0.103. The van der Waals surface area contributed by atoms with E-state index in [2.05, 4.69) is 47.1 Å². The minimum atomic E-state index is -0.103. The van der Waals surface area contributed by atoms with Gasteiger partial charge in [0.1, 0.15) is 18.1 Å². The monoisotopic (exact) mass is 430 g/mol. The molecule has 2 aromatic rings. The van der Waals surface area contributed by atoms with Gasteiger partial charge in [0.15, 0.2) is 5.11 Å². The Bertz CT molecular complexity index is 893. The lowest BCUT2D eigenvalue weighted by Gasteiger charge is -2.12. The molecule has 0 aliphatic carbocycles. The standard InChI is InChI=1S/C20H19BrN2O2S/c1-13-4-6-14(7-5-13)12-25-18-9-8-15(10-16(18)21)11-17-19(24)23(3)20(26)22(17)2/h4-11H,12H2,1-3H3/b17-11-. The van der Waals surface area contributed by atoms with E-state index in [1.165, 1.54) is 10.5 Å². The number of carbonyl (C=O) groups excluding carboxylic acids is 1. The van der Waals surface area contributed by atoms with Crippen LogP contribution < -0.4 is 4.74 Å². The van der Waals surface area contributed by atoms with Crippen molar-refractivity contribution in [2.45, 2.75) is 13.5 Å². The maximum absolute atomic E-state index is 12.3. The molecule has 0 saturated carbocycles. The normalized spacial score (nSPS) is 15.9. The average molecular weight is 431 g/mol. The van der Waals surface area contributed by atoms with E-state index in [-0.39, 0.29) is 5.91 Å². The molecule has 4 nitrogen and oxygen atoms in total. The van der Waals surface area contributed by atoms with Gasteiger partial charge in [-0.25, -0.2) is 0 Å². The number of benzene rings is 2. The van der Waals surface area contributed by atoms with Crippen LogP contribution in [0.25, 0.3) is 6.08 Å². The van der Waals surface area contributed by atoms with Crippen molar-refractivity contribution in [3.63, 3.8) is 0 Å². The van der Waals surface area contributed by atoms with Gasteiger partial charge in [-0.05, 0) is 64.4 Å². The Morgan fingerprint density at radius 1 is 1.12 bits per heavy atom. The second-order valence-corrected chi connectivity index (χ2v) is 7.42. The van der Waals surface area contributed by atoms with Crippen LogP contribution in [0.4, 0.5) is 0 Å². The summed E-state index contributed by atoms with van der Waals surface area (Å²) in [6.07, 6.45) is 1.83. The van der Waals surface area contributed by atoms with Crippen LogP contribution in [0.15, 0.2) is 52.6 Å². The second kappa shape index (κ2) is 7.60. The lowest BCUT2D eigenvalue weighted by atomic mass is 10.1. The zero-order valence-electron chi connectivity index (χ0n) is 14.8. The summed E-state index contributed by atoms with van der Waals surface area (Å²) < 4.78 is 6.73. The largest absolute Gasteiger partial charge is 0.488 e. The van der Waals surface area contributed by atoms with Crippen LogP contribution in [0, 0.1) is 6.92 Å². The number of amides is 1. The molecule has 6 heteroatoms. The van der Waals surface area contributed by atoms with E-state index < -0.39 is 0 Å². The molecule has 1 heterocycles. The van der Waals surface area contributed by atoms with E-state index in [0.29, 0.717) is 17.4 Å². The van der Waals surface area contributed by atoms with Gasteiger partial charge in [0.05, 0.1) is 4.47 Å². The highest BCUT2D eigenvalue weighted by Gasteiger charge is 2.32. The summed E-state index contributed by atoms with van der Waals surface area (Å²) >= 11 is 8.78. The summed E-state index contributed by atoms with van der Waals surface area (Å²) in [5.41, 5.74) is 3.79. The molecule has 0 radical (unpaired) electrons. The van der Waals surface area contributed by atoms with Gasteiger partial charge >= 0.3 is 0 Å². The van der Waals surface area contributed by atoms with E-state index in [9.17, 15) is 4.79 Å². The number of aryl methyl sites for hydroxylation is 1. The summed E-state index contributed by atoms with van der Waals surface area (Å²) in [6.45, 7) is 2.56. The first kappa shape index (κ1) is 18.6. The Hall–Kier alpha value is -2.18. The van der Waals surface area contributed by atoms with Crippen molar-refractivity contribution in [1.29, 1.82) is 0 Å². The molecule has 0 bridgehead atoms. The molecule has 0 spiro atoms. The summed E-state index contributed by atoms with van der Waals surface area (Å²) in [5, 5.41) is 0.498. The molecule has 1 aliphatic heterocycles. The molecule has 0 N–H and O–H groups in total. The highest BCUT2D eigenvalue weighted by molar-refractivity contribution is 9.10. The number of halogens is 1. The lowest BCUT2D eigenvalue weighted by molar-refractivity contribution is -0.121. The number of rotatable bonds is 4. The minimum Gasteiger partial charge on any atom is -0.488 e. The quantitative estimate of drug-likeness (QED) is 0.532. The molecule has 0 unspecified atom stereocenters. The number of thiocarbonyl (C=S) groups is 1. The van der Waals surface area contributed by atoms with E-state index in [4.69, 9.17) is 17.0 Å². The van der Waals surface area contributed by atoms with Crippen molar-refractivity contribution in [3.05, 3.63) is 69.3 Å². The molecule has 1 aliphatic rings. The number of nitrogens with zero attached hydrogens (tertiary/aromatic N) is 2. The Morgan fingerprint density at radius 3 is 2.38 bits per heavy atom. The molecule has 0 aromatic heterocycles. The summed E-state index contributed by atoms with van der Waals surface area (Å²) in [7, 11) is 3.48. The van der Waals surface area contributed by atoms with Gasteiger partial charge in [0, 0.05) is 14.1 Å². The summed E-state index contributed by atoms with van der Waals surface area (Å²) in [4.78, 5) is 15.4. The predicted molar refractivity (Wildman–Crippen MR) is 111 cm³/mol. The lowest BCUT2D eigenvalue weighted by Crippen LogP contribution is -2.26. The maximum Gasteiger partial charge on any atom is 0.276 e. The van der Waals surface area contributed by atoms with E-state index in [1.807, 2.05) is 24.3 Å². The van der Waals surface area contributed by atoms with Crippen molar-refractivity contribution in [3.8, 4) is 5.75 Å². The fourth-order valence-corrected chi connectivity index (χ4v) is 3.31. The topological polar surface area (TPSA) is 32.8 Å². The van der Waals surface area contributed by atoms with Crippen LogP contribution >= 0.6 is 28.1 Å². The van der Waals surface area contributed by atoms with Gasteiger partial charge in [-0.3, -0.25) is 9.69 Å². The zero-order valence-corrected chi connectivity index (χ0v) is 17.2. The predicted octanol–water partition coefficient (Wildman–Crippen LogP) is 4.37. The zero-order chi connectivity index (χ0) is 18.8. The van der Waals surface area contributed by atoms with Crippen LogP contribution in [0.2, 0.25) is 0 Å². The van der Waals surface area contributed by atoms with Gasteiger partial charge in [-0.1, -0.05) is 35.9 Å². The van der Waals surface area contributed by atoms with Gasteiger partial charge in [0.25, 0.3) is 5.91 Å². The van der Waals surface area contributed by atoms with Crippen LogP contribution in [0.5, 0.6) is 5.75 Å². The maximum atomic E-state index is 12.3. The third-order valence-electron chi connectivity index (χ3n) is 4.23. The Morgan fingerprint density at radius 2 is 1.81 bits per heavy atom. The molecule has 134 valence electrons. The van der Waals surface area contributed by atoms with E-state index in [1.54, 1.807) is 19.0 Å². The Balaban J connectivity index is 1.75. The molecule has 26 heavy (non-hydrogen) atoms. The van der Waals surface area contributed by atoms with Crippen molar-refractivity contribution < 1.29 is 9.53 Å². The first-order valence-corrected chi connectivity index (χ1v) is 9.32. The summed E-state index contributed by atoms with van der Waals surface area (Å²) in [5.74, 6) is 0.653. The second-order valence-electron chi connectivity index (χ2n) is 6.20. The first-order chi connectivity index (χ1) is 12.4. The van der Waals surface area contributed by atoms with Crippen molar-refractivity contribution in [2.24, 2.45) is 0 Å². The number of carbonyl (C=O) groups is 1. The van der Waals surface area contributed by atoms with E-state index in [0.717, 1.165) is 21.3 Å². The molecular formula is C20H19BrN2O2S. The Labute approximate surface area is 167 Å². The molecule has 3 rings (SSSR count). The molecule has 1 saturated heterocycles. The highest BCUT2D eigenvalue weighted by atomic mass is 79.9. The van der Waals surface area contributed by atoms with Gasteiger partial charge in [-0.15, -0.1) is 0 Å². The first-order valence-electron chi connectivity index (χ1n) is 8.12. The SMILES string of the molecule is Cc1ccc(COc2ccc(/C=C3/C(=O)N(C)C(=S)N3C)cc2Br)cc1. The smallest absolute Gasteiger partial charge is 0.276 e. The molecule has 1 fully saturated rings. The van der Waals surface area contributed by atoms with Crippen molar-refractivity contribution >= 4 is 45.2 Å². The highest BCUT2D eigenvalue weighted by Crippen LogP contribution is 2.29. The summed E-state index contributed by atoms with van der Waals surface area (Å²) in [6, 6.07) is 14.0. The fourth-order valence-electron chi connectivity index (χ4n) is 2.62. The fraction of sp³-hybridized carbons (Fsp3) is 0.200. The van der Waals surface area contributed by atoms with Crippen LogP contribution in [0.1, 0.15) is 16.7 Å². The average Bonchev–Trinajstić information content (AvgIpc) is 2.80. The van der Waals surface area contributed by atoms with Crippen LogP contribution in [-0.2, 0) is 11.4 Å². The third kappa shape index (κ3) is 3.81. The molecule has 0 atom stereocenters. The van der Waals surface area contributed by atoms with Crippen molar-refractivity contribution in [1.82, 2.24) is 9.80 Å². The van der Waals surface area contributed by atoms with Gasteiger partial charge in [-0.2, -0.15) is 0 Å². The van der Waals surface area contributed by atoms with Gasteiger partial charge < -0.3 is 9.64 Å². The van der Waals surface area contributed by atoms with Gasteiger partial charge in [0.2, 0.25) is 0 Å². The van der Waals surface area contributed by atoms with E-state index >= 15 is 0 Å².